The van der Waals surface area contributed by atoms with Gasteiger partial charge in [-0.05, 0) is 18.2 Å². The normalized spacial score (nSPS) is 12.7. The van der Waals surface area contributed by atoms with E-state index in [9.17, 15) is 8.42 Å². The van der Waals surface area contributed by atoms with Gasteiger partial charge in [0.05, 0.1) is 12.0 Å². The summed E-state index contributed by atoms with van der Waals surface area (Å²) in [6.45, 7) is 0. The fourth-order valence-electron chi connectivity index (χ4n) is 2.64. The topological polar surface area (TPSA) is 73.2 Å². The van der Waals surface area contributed by atoms with Gasteiger partial charge in [0.2, 0.25) is 10.0 Å². The van der Waals surface area contributed by atoms with Gasteiger partial charge in [-0.3, -0.25) is 0 Å². The third-order valence-electron chi connectivity index (χ3n) is 3.89. The van der Waals surface area contributed by atoms with E-state index in [0.717, 1.165) is 0 Å². The first-order valence-electron chi connectivity index (χ1n) is 7.70. The first-order chi connectivity index (χ1) is 12.0. The molecule has 25 heavy (non-hydrogen) atoms. The van der Waals surface area contributed by atoms with E-state index in [-0.39, 0.29) is 4.90 Å². The molecule has 0 aliphatic rings. The van der Waals surface area contributed by atoms with Crippen LogP contribution in [-0.2, 0) is 17.1 Å². The van der Waals surface area contributed by atoms with Gasteiger partial charge in [-0.2, -0.15) is 4.72 Å². The molecule has 0 saturated heterocycles. The average Bonchev–Trinajstić information content (AvgIpc) is 3.06. The predicted molar refractivity (Wildman–Crippen MR) is 94.8 cm³/mol. The van der Waals surface area contributed by atoms with Crippen molar-refractivity contribution in [1.82, 2.24) is 14.3 Å². The zero-order chi connectivity index (χ0) is 17.9. The maximum absolute atomic E-state index is 12.8. The number of para-hydroxylation sites is 1. The lowest BCUT2D eigenvalue weighted by atomic mass is 10.1. The number of nitrogens with zero attached hydrogens (tertiary/aromatic N) is 2. The molecule has 0 bridgehead atoms. The van der Waals surface area contributed by atoms with Crippen LogP contribution >= 0.6 is 0 Å². The number of rotatable bonds is 6. The number of benzene rings is 2. The number of sulfonamides is 1. The zero-order valence-electron chi connectivity index (χ0n) is 14.0. The van der Waals surface area contributed by atoms with Gasteiger partial charge in [-0.25, -0.2) is 13.4 Å². The number of nitrogens with one attached hydrogen (secondary N) is 1. The van der Waals surface area contributed by atoms with Gasteiger partial charge in [-0.15, -0.1) is 0 Å². The molecule has 0 radical (unpaired) electrons. The lowest BCUT2D eigenvalue weighted by Crippen LogP contribution is -2.31. The van der Waals surface area contributed by atoms with E-state index in [0.29, 0.717) is 17.1 Å². The van der Waals surface area contributed by atoms with Crippen LogP contribution in [0.1, 0.15) is 17.4 Å². The second kappa shape index (κ2) is 7.08. The Morgan fingerprint density at radius 1 is 1.08 bits per heavy atom. The van der Waals surface area contributed by atoms with Crippen molar-refractivity contribution in [2.45, 2.75) is 10.9 Å². The van der Waals surface area contributed by atoms with Gasteiger partial charge < -0.3 is 9.30 Å². The first-order valence-corrected chi connectivity index (χ1v) is 9.19. The van der Waals surface area contributed by atoms with Crippen molar-refractivity contribution in [3.63, 3.8) is 0 Å². The van der Waals surface area contributed by atoms with Crippen molar-refractivity contribution in [3.05, 3.63) is 78.4 Å². The smallest absolute Gasteiger partial charge is 0.241 e. The molecule has 1 heterocycles. The summed E-state index contributed by atoms with van der Waals surface area (Å²) in [6, 6.07) is 14.9. The third-order valence-corrected chi connectivity index (χ3v) is 5.33. The van der Waals surface area contributed by atoms with E-state index in [4.69, 9.17) is 4.74 Å². The molecule has 1 aromatic heterocycles. The highest BCUT2D eigenvalue weighted by Gasteiger charge is 2.27. The summed E-state index contributed by atoms with van der Waals surface area (Å²) in [7, 11) is -0.358. The zero-order valence-corrected chi connectivity index (χ0v) is 14.8. The Kier molecular flexibility index (Phi) is 4.87. The Balaban J connectivity index is 2.09. The molecule has 0 saturated carbocycles. The van der Waals surface area contributed by atoms with Crippen LogP contribution in [0.2, 0.25) is 0 Å². The molecule has 2 aromatic carbocycles. The van der Waals surface area contributed by atoms with E-state index >= 15 is 0 Å². The molecule has 0 aliphatic heterocycles. The summed E-state index contributed by atoms with van der Waals surface area (Å²) in [5.41, 5.74) is 0.693. The van der Waals surface area contributed by atoms with E-state index in [1.165, 1.54) is 0 Å². The number of aryl methyl sites for hydroxylation is 1. The fraction of sp³-hybridized carbons (Fsp3) is 0.167. The van der Waals surface area contributed by atoms with Gasteiger partial charge in [0.1, 0.15) is 17.6 Å². The number of aromatic nitrogens is 2. The van der Waals surface area contributed by atoms with Crippen molar-refractivity contribution in [3.8, 4) is 5.75 Å². The Bertz CT molecular complexity index is 952. The molecular formula is C18H19N3O3S. The van der Waals surface area contributed by atoms with Gasteiger partial charge in [0.25, 0.3) is 0 Å². The van der Waals surface area contributed by atoms with Crippen LogP contribution in [0.5, 0.6) is 5.75 Å². The summed E-state index contributed by atoms with van der Waals surface area (Å²) >= 11 is 0. The summed E-state index contributed by atoms with van der Waals surface area (Å²) < 4.78 is 35.6. The van der Waals surface area contributed by atoms with E-state index in [2.05, 4.69) is 9.71 Å². The summed E-state index contributed by atoms with van der Waals surface area (Å²) in [5.74, 6) is 1.16. The number of hydrogen-bond donors (Lipinski definition) is 1. The molecule has 1 N–H and O–H groups in total. The maximum atomic E-state index is 12.8. The standard InChI is InChI=1S/C18H19N3O3S/c1-21-13-12-19-18(21)17(15-10-6-7-11-16(15)24-2)20-25(22,23)14-8-4-3-5-9-14/h3-13,17,20H,1-2H3/t17-/m0/s1. The van der Waals surface area contributed by atoms with Crippen molar-refractivity contribution in [2.24, 2.45) is 7.05 Å². The molecule has 1 atom stereocenters. The minimum Gasteiger partial charge on any atom is -0.496 e. The number of methoxy groups -OCH3 is 1. The minimum absolute atomic E-state index is 0.198. The predicted octanol–water partition coefficient (Wildman–Crippen LogP) is 2.50. The Labute approximate surface area is 147 Å². The minimum atomic E-state index is -3.73. The highest BCUT2D eigenvalue weighted by Crippen LogP contribution is 2.30. The Hall–Kier alpha value is -2.64. The van der Waals surface area contributed by atoms with Gasteiger partial charge in [0.15, 0.2) is 0 Å². The Morgan fingerprint density at radius 2 is 1.76 bits per heavy atom. The summed E-state index contributed by atoms with van der Waals surface area (Å²) in [6.07, 6.45) is 3.41. The molecule has 0 aliphatic carbocycles. The molecule has 130 valence electrons. The van der Waals surface area contributed by atoms with E-state index in [1.54, 1.807) is 60.5 Å². The number of hydrogen-bond acceptors (Lipinski definition) is 4. The molecule has 0 fully saturated rings. The van der Waals surface area contributed by atoms with Crippen molar-refractivity contribution in [1.29, 1.82) is 0 Å². The fourth-order valence-corrected chi connectivity index (χ4v) is 3.83. The van der Waals surface area contributed by atoms with E-state index in [1.807, 2.05) is 25.2 Å². The van der Waals surface area contributed by atoms with Gasteiger partial charge >= 0.3 is 0 Å². The summed E-state index contributed by atoms with van der Waals surface area (Å²) in [4.78, 5) is 4.52. The van der Waals surface area contributed by atoms with Crippen LogP contribution in [0.25, 0.3) is 0 Å². The van der Waals surface area contributed by atoms with Crippen LogP contribution in [0, 0.1) is 0 Å². The second-order valence-corrected chi connectivity index (χ2v) is 7.22. The molecular weight excluding hydrogens is 338 g/mol. The monoisotopic (exact) mass is 357 g/mol. The molecule has 3 rings (SSSR count). The van der Waals surface area contributed by atoms with Crippen LogP contribution in [0.3, 0.4) is 0 Å². The number of imidazole rings is 1. The van der Waals surface area contributed by atoms with Crippen molar-refractivity contribution < 1.29 is 13.2 Å². The molecule has 0 amide bonds. The van der Waals surface area contributed by atoms with Gasteiger partial charge in [0, 0.05) is 25.0 Å². The molecule has 0 spiro atoms. The molecule has 6 nitrogen and oxygen atoms in total. The van der Waals surface area contributed by atoms with E-state index < -0.39 is 16.1 Å². The van der Waals surface area contributed by atoms with Crippen molar-refractivity contribution in [2.75, 3.05) is 7.11 Å². The highest BCUT2D eigenvalue weighted by atomic mass is 32.2. The van der Waals surface area contributed by atoms with Crippen LogP contribution in [0.15, 0.2) is 71.9 Å². The first kappa shape index (κ1) is 17.2. The lowest BCUT2D eigenvalue weighted by Gasteiger charge is -2.21. The van der Waals surface area contributed by atoms with Crippen LogP contribution in [-0.4, -0.2) is 25.1 Å². The average molecular weight is 357 g/mol. The molecule has 3 aromatic rings. The quantitative estimate of drug-likeness (QED) is 0.736. The van der Waals surface area contributed by atoms with Crippen LogP contribution in [0.4, 0.5) is 0 Å². The molecule has 0 unspecified atom stereocenters. The maximum Gasteiger partial charge on any atom is 0.241 e. The largest absolute Gasteiger partial charge is 0.496 e. The van der Waals surface area contributed by atoms with Crippen LogP contribution < -0.4 is 9.46 Å². The Morgan fingerprint density at radius 3 is 2.40 bits per heavy atom. The lowest BCUT2D eigenvalue weighted by molar-refractivity contribution is 0.405. The summed E-state index contributed by atoms with van der Waals surface area (Å²) in [5, 5.41) is 0. The third kappa shape index (κ3) is 3.57. The SMILES string of the molecule is COc1ccccc1[C@H](NS(=O)(=O)c1ccccc1)c1nccn1C. The molecule has 7 heteroatoms. The highest BCUT2D eigenvalue weighted by molar-refractivity contribution is 7.89. The van der Waals surface area contributed by atoms with Crippen molar-refractivity contribution >= 4 is 10.0 Å². The van der Waals surface area contributed by atoms with Gasteiger partial charge in [-0.1, -0.05) is 36.4 Å². The second-order valence-electron chi connectivity index (χ2n) is 5.51. The number of ether oxygens (including phenoxy) is 1.